The van der Waals surface area contributed by atoms with Crippen LogP contribution in [-0.4, -0.2) is 27.2 Å². The predicted octanol–water partition coefficient (Wildman–Crippen LogP) is 3.19. The molecule has 0 N–H and O–H groups in total. The van der Waals surface area contributed by atoms with E-state index in [1.165, 1.54) is 0 Å². The van der Waals surface area contributed by atoms with E-state index in [2.05, 4.69) is 8.85 Å². The number of rotatable bonds is 4. The zero-order valence-electron chi connectivity index (χ0n) is 8.16. The first kappa shape index (κ1) is 14.7. The summed E-state index contributed by atoms with van der Waals surface area (Å²) in [5.41, 5.74) is 0. The summed E-state index contributed by atoms with van der Waals surface area (Å²) < 4.78 is 79.9. The maximum Gasteiger partial charge on any atom is 0.481 e. The lowest BCUT2D eigenvalue weighted by Gasteiger charge is -2.29. The van der Waals surface area contributed by atoms with Gasteiger partial charge >= 0.3 is 20.8 Å². The third kappa shape index (κ3) is 4.84. The second-order valence-electron chi connectivity index (χ2n) is 3.18. The molecule has 0 bridgehead atoms. The van der Waals surface area contributed by atoms with Gasteiger partial charge in [0.15, 0.2) is 6.36 Å². The molecule has 0 saturated heterocycles. The normalized spacial score (nSPS) is 16.6. The third-order valence-electron chi connectivity index (χ3n) is 1.15. The fourth-order valence-corrected chi connectivity index (χ4v) is 2.35. The highest BCUT2D eigenvalue weighted by atomic mass is 28.4. The molecule has 0 aliphatic carbocycles. The molecular weight excluding hydrogens is 246 g/mol. The number of hydrogen-bond donors (Lipinski definition) is 0. The minimum atomic E-state index is -5.83. The zero-order valence-corrected chi connectivity index (χ0v) is 9.16. The highest BCUT2D eigenvalue weighted by Gasteiger charge is 2.62. The molecule has 1 unspecified atom stereocenters. The van der Waals surface area contributed by atoms with Gasteiger partial charge in [0.25, 0.3) is 0 Å². The highest BCUT2D eigenvalue weighted by molar-refractivity contribution is 6.64. The van der Waals surface area contributed by atoms with Crippen molar-refractivity contribution in [3.05, 3.63) is 0 Å². The Kier molecular flexibility index (Phi) is 4.22. The van der Waals surface area contributed by atoms with Gasteiger partial charge in [0.1, 0.15) is 0 Å². The van der Waals surface area contributed by atoms with E-state index in [9.17, 15) is 26.3 Å². The Morgan fingerprint density at radius 2 is 1.47 bits per heavy atom. The van der Waals surface area contributed by atoms with Crippen LogP contribution >= 0.6 is 0 Å². The van der Waals surface area contributed by atoms with Crippen LogP contribution in [-0.2, 0) is 8.85 Å². The molecule has 0 spiro atoms. The van der Waals surface area contributed by atoms with Crippen molar-refractivity contribution in [3.8, 4) is 0 Å². The maximum atomic E-state index is 12.4. The van der Waals surface area contributed by atoms with Gasteiger partial charge in [-0.3, -0.25) is 0 Å². The summed E-state index contributed by atoms with van der Waals surface area (Å²) >= 11 is 0. The maximum absolute atomic E-state index is 12.4. The molecule has 0 aromatic carbocycles. The molecule has 92 valence electrons. The van der Waals surface area contributed by atoms with E-state index in [4.69, 9.17) is 0 Å². The molecule has 0 radical (unpaired) electrons. The van der Waals surface area contributed by atoms with Crippen LogP contribution in [0.3, 0.4) is 0 Å². The second-order valence-corrected chi connectivity index (χ2v) is 6.42. The molecular formula is C6H10F6O2Si. The molecule has 0 rings (SSSR count). The lowest BCUT2D eigenvalue weighted by atomic mass is 10.6. The second kappa shape index (κ2) is 4.30. The summed E-state index contributed by atoms with van der Waals surface area (Å²) in [4.78, 5) is 0. The highest BCUT2D eigenvalue weighted by Crippen LogP contribution is 2.38. The molecule has 0 aliphatic rings. The fourth-order valence-electron chi connectivity index (χ4n) is 0.782. The minimum absolute atomic E-state index is 0.865. The Morgan fingerprint density at radius 1 is 1.07 bits per heavy atom. The minimum Gasteiger partial charge on any atom is -0.364 e. The lowest BCUT2D eigenvalue weighted by Crippen LogP contribution is -2.50. The number of alkyl halides is 6. The van der Waals surface area contributed by atoms with E-state index in [0.29, 0.717) is 0 Å². The average molecular weight is 256 g/mol. The quantitative estimate of drug-likeness (QED) is 0.568. The third-order valence-corrected chi connectivity index (χ3v) is 2.79. The first-order chi connectivity index (χ1) is 6.37. The SMILES string of the molecule is CC(F)O[Si](C)(C)OC(F)(F)C(F)(F)F. The van der Waals surface area contributed by atoms with Crippen LogP contribution in [0, 0.1) is 0 Å². The van der Waals surface area contributed by atoms with Gasteiger partial charge in [-0.2, -0.15) is 22.0 Å². The van der Waals surface area contributed by atoms with Crippen molar-refractivity contribution >= 4 is 8.56 Å². The topological polar surface area (TPSA) is 18.5 Å². The molecule has 0 amide bonds. The van der Waals surface area contributed by atoms with Crippen molar-refractivity contribution in [2.24, 2.45) is 0 Å². The van der Waals surface area contributed by atoms with Crippen molar-refractivity contribution in [2.75, 3.05) is 0 Å². The van der Waals surface area contributed by atoms with Crippen molar-refractivity contribution < 1.29 is 35.2 Å². The molecule has 2 nitrogen and oxygen atoms in total. The van der Waals surface area contributed by atoms with Gasteiger partial charge in [-0.15, -0.1) is 0 Å². The van der Waals surface area contributed by atoms with Crippen LogP contribution in [0.4, 0.5) is 26.3 Å². The monoisotopic (exact) mass is 256 g/mol. The fraction of sp³-hybridized carbons (Fsp3) is 1.00. The Hall–Kier alpha value is -0.283. The van der Waals surface area contributed by atoms with Gasteiger partial charge in [-0.05, 0) is 20.0 Å². The lowest BCUT2D eigenvalue weighted by molar-refractivity contribution is -0.369. The van der Waals surface area contributed by atoms with E-state index in [0.717, 1.165) is 20.0 Å². The first-order valence-corrected chi connectivity index (χ1v) is 6.66. The van der Waals surface area contributed by atoms with Crippen molar-refractivity contribution in [2.45, 2.75) is 38.7 Å². The van der Waals surface area contributed by atoms with E-state index >= 15 is 0 Å². The van der Waals surface area contributed by atoms with Crippen LogP contribution in [0.25, 0.3) is 0 Å². The van der Waals surface area contributed by atoms with Crippen molar-refractivity contribution in [3.63, 3.8) is 0 Å². The number of halogens is 6. The molecule has 15 heavy (non-hydrogen) atoms. The van der Waals surface area contributed by atoms with Gasteiger partial charge in [-0.1, -0.05) is 0 Å². The van der Waals surface area contributed by atoms with Crippen LogP contribution in [0.1, 0.15) is 6.92 Å². The molecule has 9 heteroatoms. The Labute approximate surface area is 83.4 Å². The predicted molar refractivity (Wildman–Crippen MR) is 41.2 cm³/mol. The molecule has 0 aromatic rings. The first-order valence-electron chi connectivity index (χ1n) is 3.84. The molecule has 0 heterocycles. The van der Waals surface area contributed by atoms with E-state index < -0.39 is 27.2 Å². The molecule has 0 aromatic heterocycles. The van der Waals surface area contributed by atoms with Gasteiger partial charge in [0, 0.05) is 0 Å². The summed E-state index contributed by atoms with van der Waals surface area (Å²) in [6.45, 7) is 2.65. The molecule has 0 fully saturated rings. The van der Waals surface area contributed by atoms with Gasteiger partial charge < -0.3 is 8.85 Å². The van der Waals surface area contributed by atoms with E-state index in [1.54, 1.807) is 0 Å². The van der Waals surface area contributed by atoms with Crippen LogP contribution in [0.2, 0.25) is 13.1 Å². The van der Waals surface area contributed by atoms with Crippen LogP contribution in [0.15, 0.2) is 0 Å². The van der Waals surface area contributed by atoms with Gasteiger partial charge in [0.2, 0.25) is 0 Å². The summed E-state index contributed by atoms with van der Waals surface area (Å²) in [7, 11) is -3.86. The molecule has 1 atom stereocenters. The Balaban J connectivity index is 4.57. The van der Waals surface area contributed by atoms with Crippen molar-refractivity contribution in [1.82, 2.24) is 0 Å². The molecule has 0 aliphatic heterocycles. The van der Waals surface area contributed by atoms with Gasteiger partial charge in [0.05, 0.1) is 0 Å². The average Bonchev–Trinajstić information content (AvgIpc) is 1.75. The van der Waals surface area contributed by atoms with Crippen LogP contribution in [0.5, 0.6) is 0 Å². The Bertz CT molecular complexity index is 214. The smallest absolute Gasteiger partial charge is 0.364 e. The van der Waals surface area contributed by atoms with E-state index in [-0.39, 0.29) is 0 Å². The molecule has 0 saturated carbocycles. The standard InChI is InChI=1S/C6H10F6O2Si/c1-4(7)13-15(2,3)14-6(11,12)5(8,9)10/h4H,1-3H3. The summed E-state index contributed by atoms with van der Waals surface area (Å²) in [5.74, 6) is 0. The van der Waals surface area contributed by atoms with E-state index in [1.807, 2.05) is 0 Å². The summed E-state index contributed by atoms with van der Waals surface area (Å²) in [6, 6.07) is 0. The summed E-state index contributed by atoms with van der Waals surface area (Å²) in [5, 5.41) is 0. The Morgan fingerprint density at radius 3 is 1.73 bits per heavy atom. The number of hydrogen-bond acceptors (Lipinski definition) is 2. The zero-order chi connectivity index (χ0) is 12.5. The van der Waals surface area contributed by atoms with Gasteiger partial charge in [-0.25, -0.2) is 4.39 Å². The van der Waals surface area contributed by atoms with Crippen LogP contribution < -0.4 is 0 Å². The van der Waals surface area contributed by atoms with Crippen molar-refractivity contribution in [1.29, 1.82) is 0 Å². The largest absolute Gasteiger partial charge is 0.481 e. The summed E-state index contributed by atoms with van der Waals surface area (Å²) in [6.07, 6.45) is -13.1.